The molecule has 22 heavy (non-hydrogen) atoms. The van der Waals surface area contributed by atoms with Crippen molar-refractivity contribution in [1.29, 1.82) is 0 Å². The molecule has 0 aromatic carbocycles. The minimum atomic E-state index is -4.41. The monoisotopic (exact) mass is 319 g/mol. The maximum atomic E-state index is 12.1. The van der Waals surface area contributed by atoms with Gasteiger partial charge in [0.1, 0.15) is 0 Å². The van der Waals surface area contributed by atoms with Gasteiger partial charge in [-0.15, -0.1) is 0 Å². The molecule has 6 nitrogen and oxygen atoms in total. The standard InChI is InChI=1S/C13H16F3N3O3/c14-13(15,16)9-22-11-7-10(1-2-17-11)8-18-12(20)19-3-5-21-6-4-19/h1-2,7H,3-6,8-9H2,(H,18,20). The first-order valence-electron chi connectivity index (χ1n) is 6.69. The first-order valence-corrected chi connectivity index (χ1v) is 6.69. The topological polar surface area (TPSA) is 63.7 Å². The van der Waals surface area contributed by atoms with E-state index in [9.17, 15) is 18.0 Å². The number of nitrogens with one attached hydrogen (secondary N) is 1. The van der Waals surface area contributed by atoms with Crippen molar-refractivity contribution in [1.82, 2.24) is 15.2 Å². The van der Waals surface area contributed by atoms with Crippen molar-refractivity contribution < 1.29 is 27.4 Å². The molecule has 0 bridgehead atoms. The van der Waals surface area contributed by atoms with Gasteiger partial charge in [-0.1, -0.05) is 0 Å². The van der Waals surface area contributed by atoms with E-state index in [1.807, 2.05) is 0 Å². The molecule has 122 valence electrons. The number of aromatic nitrogens is 1. The van der Waals surface area contributed by atoms with Crippen LogP contribution in [0, 0.1) is 0 Å². The first kappa shape index (κ1) is 16.3. The molecule has 1 saturated heterocycles. The molecule has 0 spiro atoms. The summed E-state index contributed by atoms with van der Waals surface area (Å²) in [6.45, 7) is 0.811. The zero-order valence-corrected chi connectivity index (χ0v) is 11.7. The minimum absolute atomic E-state index is 0.129. The molecule has 0 saturated carbocycles. The van der Waals surface area contributed by atoms with Crippen LogP contribution in [0.15, 0.2) is 18.3 Å². The summed E-state index contributed by atoms with van der Waals surface area (Å²) in [5, 5.41) is 2.69. The highest BCUT2D eigenvalue weighted by molar-refractivity contribution is 5.74. The molecule has 0 radical (unpaired) electrons. The van der Waals surface area contributed by atoms with Crippen molar-refractivity contribution in [3.8, 4) is 5.88 Å². The van der Waals surface area contributed by atoms with Gasteiger partial charge in [0.2, 0.25) is 5.88 Å². The van der Waals surface area contributed by atoms with Crippen LogP contribution in [-0.4, -0.2) is 55.0 Å². The van der Waals surface area contributed by atoms with E-state index in [0.29, 0.717) is 31.9 Å². The summed E-state index contributed by atoms with van der Waals surface area (Å²) in [7, 11) is 0. The number of hydrogen-bond acceptors (Lipinski definition) is 4. The number of alkyl halides is 3. The highest BCUT2D eigenvalue weighted by atomic mass is 19.4. The van der Waals surface area contributed by atoms with Crippen molar-refractivity contribution in [2.24, 2.45) is 0 Å². The van der Waals surface area contributed by atoms with E-state index in [1.165, 1.54) is 12.3 Å². The Bertz CT molecular complexity index is 505. The normalized spacial score (nSPS) is 15.5. The molecule has 1 fully saturated rings. The number of pyridine rings is 1. The van der Waals surface area contributed by atoms with E-state index in [4.69, 9.17) is 4.74 Å². The van der Waals surface area contributed by atoms with Crippen molar-refractivity contribution in [3.63, 3.8) is 0 Å². The second-order valence-corrected chi connectivity index (χ2v) is 4.66. The van der Waals surface area contributed by atoms with Crippen LogP contribution in [0.4, 0.5) is 18.0 Å². The molecular weight excluding hydrogens is 303 g/mol. The number of rotatable bonds is 4. The lowest BCUT2D eigenvalue weighted by Gasteiger charge is -2.26. The van der Waals surface area contributed by atoms with E-state index in [0.717, 1.165) is 0 Å². The van der Waals surface area contributed by atoms with E-state index in [2.05, 4.69) is 15.0 Å². The lowest BCUT2D eigenvalue weighted by Crippen LogP contribution is -2.45. The molecule has 1 aromatic heterocycles. The fraction of sp³-hybridized carbons (Fsp3) is 0.538. The van der Waals surface area contributed by atoms with Gasteiger partial charge in [-0.3, -0.25) is 0 Å². The zero-order chi connectivity index (χ0) is 16.0. The van der Waals surface area contributed by atoms with Gasteiger partial charge in [0, 0.05) is 31.9 Å². The Morgan fingerprint density at radius 2 is 2.14 bits per heavy atom. The van der Waals surface area contributed by atoms with Crippen molar-refractivity contribution in [3.05, 3.63) is 23.9 Å². The van der Waals surface area contributed by atoms with Crippen LogP contribution in [0.2, 0.25) is 0 Å². The number of hydrogen-bond donors (Lipinski definition) is 1. The molecule has 1 aromatic rings. The summed E-state index contributed by atoms with van der Waals surface area (Å²) >= 11 is 0. The van der Waals surface area contributed by atoms with Crippen LogP contribution in [0.5, 0.6) is 5.88 Å². The van der Waals surface area contributed by atoms with Crippen LogP contribution >= 0.6 is 0 Å². The molecule has 0 aliphatic carbocycles. The number of urea groups is 1. The fourth-order valence-corrected chi connectivity index (χ4v) is 1.85. The summed E-state index contributed by atoms with van der Waals surface area (Å²) in [5.74, 6) is -0.129. The van der Waals surface area contributed by atoms with Gasteiger partial charge in [-0.05, 0) is 11.6 Å². The largest absolute Gasteiger partial charge is 0.468 e. The van der Waals surface area contributed by atoms with Crippen LogP contribution < -0.4 is 10.1 Å². The Morgan fingerprint density at radius 1 is 1.41 bits per heavy atom. The number of carbonyl (C=O) groups excluding carboxylic acids is 1. The van der Waals surface area contributed by atoms with Gasteiger partial charge in [0.15, 0.2) is 6.61 Å². The summed E-state index contributed by atoms with van der Waals surface area (Å²) in [6, 6.07) is 2.73. The van der Waals surface area contributed by atoms with Gasteiger partial charge < -0.3 is 19.7 Å². The molecule has 1 aliphatic heterocycles. The molecule has 0 unspecified atom stereocenters. The summed E-state index contributed by atoms with van der Waals surface area (Å²) in [6.07, 6.45) is -3.08. The zero-order valence-electron chi connectivity index (χ0n) is 11.7. The summed E-state index contributed by atoms with van der Waals surface area (Å²) < 4.78 is 45.9. The molecule has 1 N–H and O–H groups in total. The lowest BCUT2D eigenvalue weighted by molar-refractivity contribution is -0.154. The first-order chi connectivity index (χ1) is 10.4. The highest BCUT2D eigenvalue weighted by Crippen LogP contribution is 2.17. The fourth-order valence-electron chi connectivity index (χ4n) is 1.85. The maximum Gasteiger partial charge on any atom is 0.422 e. The molecular formula is C13H16F3N3O3. The van der Waals surface area contributed by atoms with Crippen LogP contribution in [-0.2, 0) is 11.3 Å². The molecule has 9 heteroatoms. The SMILES string of the molecule is O=C(NCc1ccnc(OCC(F)(F)F)c1)N1CCOCC1. The van der Waals surface area contributed by atoms with Crippen molar-refractivity contribution >= 4 is 6.03 Å². The van der Waals surface area contributed by atoms with E-state index < -0.39 is 12.8 Å². The number of nitrogens with zero attached hydrogens (tertiary/aromatic N) is 2. The second-order valence-electron chi connectivity index (χ2n) is 4.66. The summed E-state index contributed by atoms with van der Waals surface area (Å²) in [4.78, 5) is 17.2. The Balaban J connectivity index is 1.83. The van der Waals surface area contributed by atoms with Crippen molar-refractivity contribution in [2.45, 2.75) is 12.7 Å². The third-order valence-corrected chi connectivity index (χ3v) is 2.93. The maximum absolute atomic E-state index is 12.1. The number of amides is 2. The predicted molar refractivity (Wildman–Crippen MR) is 70.4 cm³/mol. The van der Waals surface area contributed by atoms with Crippen molar-refractivity contribution in [2.75, 3.05) is 32.9 Å². The highest BCUT2D eigenvalue weighted by Gasteiger charge is 2.28. The Kier molecular flexibility index (Phi) is 5.42. The Morgan fingerprint density at radius 3 is 2.82 bits per heavy atom. The number of morpholine rings is 1. The Hall–Kier alpha value is -2.03. The van der Waals surface area contributed by atoms with E-state index in [-0.39, 0.29) is 18.5 Å². The van der Waals surface area contributed by atoms with Crippen LogP contribution in [0.25, 0.3) is 0 Å². The van der Waals surface area contributed by atoms with Gasteiger partial charge in [0.25, 0.3) is 0 Å². The number of ether oxygens (including phenoxy) is 2. The average Bonchev–Trinajstić information content (AvgIpc) is 2.51. The second kappa shape index (κ2) is 7.30. The third kappa shape index (κ3) is 5.40. The molecule has 2 rings (SSSR count). The average molecular weight is 319 g/mol. The number of carbonyl (C=O) groups is 1. The van der Waals surface area contributed by atoms with E-state index >= 15 is 0 Å². The van der Waals surface area contributed by atoms with Gasteiger partial charge >= 0.3 is 12.2 Å². The van der Waals surface area contributed by atoms with Gasteiger partial charge in [0.05, 0.1) is 13.2 Å². The summed E-state index contributed by atoms with van der Waals surface area (Å²) in [5.41, 5.74) is 0.605. The predicted octanol–water partition coefficient (Wildman–Crippen LogP) is 1.56. The third-order valence-electron chi connectivity index (χ3n) is 2.93. The number of halogens is 3. The van der Waals surface area contributed by atoms with E-state index in [1.54, 1.807) is 11.0 Å². The van der Waals surface area contributed by atoms with Gasteiger partial charge in [-0.2, -0.15) is 13.2 Å². The smallest absolute Gasteiger partial charge is 0.422 e. The minimum Gasteiger partial charge on any atom is -0.468 e. The molecule has 2 amide bonds. The quantitative estimate of drug-likeness (QED) is 0.915. The molecule has 1 aliphatic rings. The molecule has 0 atom stereocenters. The van der Waals surface area contributed by atoms with Crippen LogP contribution in [0.3, 0.4) is 0 Å². The lowest BCUT2D eigenvalue weighted by atomic mass is 10.2. The van der Waals surface area contributed by atoms with Gasteiger partial charge in [-0.25, -0.2) is 9.78 Å². The van der Waals surface area contributed by atoms with Crippen LogP contribution in [0.1, 0.15) is 5.56 Å². The Labute approximate surface area is 125 Å². The molecule has 2 heterocycles.